The van der Waals surface area contributed by atoms with Crippen molar-refractivity contribution < 1.29 is 71.6 Å². The van der Waals surface area contributed by atoms with E-state index in [-0.39, 0.29) is 34.5 Å². The standard InChI is InChI=1S/2C27H20F6N2O2/c28-26(29,30)25(27(31,32)33,17-1-9-21(10-2-17)36-23-13-5-19(34)6-14-23)18-3-11-22(12-4-18)37-24-15-7-20(35)8-16-24;28-26(29,30)25(27(31,32)33,17-5-1-9-21(13-17)36-23-11-3-7-19(34)15-23)18-6-2-10-22(14-18)37-24-12-4-8-20(35)16-24/h2*1-16H,34-35H2. The summed E-state index contributed by atoms with van der Waals surface area (Å²) >= 11 is 0. The molecule has 0 unspecified atom stereocenters. The number of nitrogen functional groups attached to an aromatic ring is 4. The van der Waals surface area contributed by atoms with Crippen LogP contribution in [0.5, 0.6) is 46.0 Å². The summed E-state index contributed by atoms with van der Waals surface area (Å²) in [7, 11) is 0. The Bertz CT molecular complexity index is 2950. The molecule has 0 fully saturated rings. The van der Waals surface area contributed by atoms with Crippen molar-refractivity contribution in [3.8, 4) is 46.0 Å². The third-order valence-electron chi connectivity index (χ3n) is 11.2. The second-order valence-electron chi connectivity index (χ2n) is 16.3. The fraction of sp³-hybridized carbons (Fsp3) is 0.111. The van der Waals surface area contributed by atoms with E-state index in [2.05, 4.69) is 0 Å². The monoisotopic (exact) mass is 1040 g/mol. The molecule has 0 radical (unpaired) electrons. The van der Waals surface area contributed by atoms with Gasteiger partial charge in [0.2, 0.25) is 10.8 Å². The van der Waals surface area contributed by atoms with Gasteiger partial charge in [0.1, 0.15) is 46.0 Å². The summed E-state index contributed by atoms with van der Waals surface area (Å²) < 4.78 is 196. The van der Waals surface area contributed by atoms with Gasteiger partial charge in [-0.25, -0.2) is 0 Å². The molecule has 0 heterocycles. The molecule has 20 heteroatoms. The van der Waals surface area contributed by atoms with Gasteiger partial charge in [0.15, 0.2) is 0 Å². The largest absolute Gasteiger partial charge is 0.457 e. The molecule has 8 aromatic rings. The van der Waals surface area contributed by atoms with Gasteiger partial charge in [-0.1, -0.05) is 60.7 Å². The summed E-state index contributed by atoms with van der Waals surface area (Å²) in [6, 6.07) is 39.0. The number of anilines is 4. The van der Waals surface area contributed by atoms with Crippen LogP contribution < -0.4 is 41.9 Å². The number of halogens is 12. The predicted octanol–water partition coefficient (Wildman–Crippen LogP) is 15.7. The van der Waals surface area contributed by atoms with E-state index in [9.17, 15) is 52.7 Å². The van der Waals surface area contributed by atoms with Crippen molar-refractivity contribution in [3.05, 3.63) is 216 Å². The highest BCUT2D eigenvalue weighted by atomic mass is 19.4. The Kier molecular flexibility index (Phi) is 14.9. The minimum atomic E-state index is -5.78. The van der Waals surface area contributed by atoms with Crippen molar-refractivity contribution in [2.75, 3.05) is 22.9 Å². The molecule has 0 aromatic heterocycles. The Morgan fingerprint density at radius 3 is 0.757 bits per heavy atom. The number of ether oxygens (including phenoxy) is 4. The van der Waals surface area contributed by atoms with E-state index in [0.717, 1.165) is 84.9 Å². The van der Waals surface area contributed by atoms with Crippen LogP contribution in [0.1, 0.15) is 22.3 Å². The van der Waals surface area contributed by atoms with E-state index in [1.807, 2.05) is 0 Å². The van der Waals surface area contributed by atoms with Gasteiger partial charge in [-0.3, -0.25) is 0 Å². The Labute approximate surface area is 414 Å². The first-order valence-corrected chi connectivity index (χ1v) is 21.6. The maximum atomic E-state index is 14.6. The van der Waals surface area contributed by atoms with Crippen LogP contribution in [0.3, 0.4) is 0 Å². The van der Waals surface area contributed by atoms with Crippen LogP contribution in [0.2, 0.25) is 0 Å². The van der Waals surface area contributed by atoms with E-state index in [1.54, 1.807) is 36.4 Å². The average molecular weight is 1040 g/mol. The minimum Gasteiger partial charge on any atom is -0.457 e. The minimum absolute atomic E-state index is 0.0546. The maximum absolute atomic E-state index is 14.6. The van der Waals surface area contributed by atoms with Gasteiger partial charge in [0.05, 0.1) is 0 Å². The molecule has 0 bridgehead atoms. The Hall–Kier alpha value is -8.68. The fourth-order valence-corrected chi connectivity index (χ4v) is 7.87. The average Bonchev–Trinajstić information content (AvgIpc) is 3.31. The van der Waals surface area contributed by atoms with Crippen LogP contribution in [0, 0.1) is 0 Å². The second kappa shape index (κ2) is 20.8. The number of alkyl halides is 12. The highest BCUT2D eigenvalue weighted by Crippen LogP contribution is 2.58. The smallest absolute Gasteiger partial charge is 0.411 e. The quantitative estimate of drug-likeness (QED) is 0.0700. The van der Waals surface area contributed by atoms with Gasteiger partial charge >= 0.3 is 24.7 Å². The van der Waals surface area contributed by atoms with Crippen LogP contribution in [0.15, 0.2) is 194 Å². The molecular formula is C54H40F12N4O4. The van der Waals surface area contributed by atoms with E-state index in [0.29, 0.717) is 34.2 Å². The number of hydrogen-bond donors (Lipinski definition) is 4. The molecule has 74 heavy (non-hydrogen) atoms. The highest BCUT2D eigenvalue weighted by molar-refractivity contribution is 5.53. The summed E-state index contributed by atoms with van der Waals surface area (Å²) in [5.74, 6) is 0.589. The van der Waals surface area contributed by atoms with Gasteiger partial charge in [0, 0.05) is 34.9 Å². The molecule has 0 aliphatic heterocycles. The number of hydrogen-bond acceptors (Lipinski definition) is 8. The van der Waals surface area contributed by atoms with Crippen LogP contribution in [-0.4, -0.2) is 24.7 Å². The first-order chi connectivity index (χ1) is 34.8. The summed E-state index contributed by atoms with van der Waals surface area (Å²) in [5.41, 5.74) is 11.3. The molecule has 0 spiro atoms. The lowest BCUT2D eigenvalue weighted by molar-refractivity contribution is -0.290. The molecule has 8 nitrogen and oxygen atoms in total. The van der Waals surface area contributed by atoms with Crippen molar-refractivity contribution in [2.24, 2.45) is 0 Å². The number of nitrogens with two attached hydrogens (primary N) is 4. The molecule has 8 N–H and O–H groups in total. The lowest BCUT2D eigenvalue weighted by Gasteiger charge is -2.38. The first kappa shape index (κ1) is 53.1. The summed E-state index contributed by atoms with van der Waals surface area (Å²) in [4.78, 5) is 0. The lowest BCUT2D eigenvalue weighted by Crippen LogP contribution is -2.54. The zero-order chi connectivity index (χ0) is 53.7. The molecule has 8 aromatic carbocycles. The Morgan fingerprint density at radius 2 is 0.473 bits per heavy atom. The van der Waals surface area contributed by atoms with Gasteiger partial charge < -0.3 is 41.9 Å². The van der Waals surface area contributed by atoms with E-state index in [1.165, 1.54) is 72.8 Å². The van der Waals surface area contributed by atoms with Crippen molar-refractivity contribution >= 4 is 22.7 Å². The SMILES string of the molecule is Nc1ccc(Oc2ccc(C(c3ccc(Oc4ccc(N)cc4)cc3)(C(F)(F)F)C(F)(F)F)cc2)cc1.Nc1cccc(Oc2cccc(C(c3cccc(Oc4cccc(N)c4)c3)(C(F)(F)F)C(F)(F)F)c2)c1. The molecule has 0 atom stereocenters. The number of benzene rings is 8. The van der Waals surface area contributed by atoms with Crippen molar-refractivity contribution in [2.45, 2.75) is 35.5 Å². The van der Waals surface area contributed by atoms with E-state index in [4.69, 9.17) is 41.9 Å². The van der Waals surface area contributed by atoms with Crippen molar-refractivity contribution in [1.29, 1.82) is 0 Å². The molecule has 0 aliphatic carbocycles. The number of rotatable bonds is 12. The molecule has 0 saturated carbocycles. The van der Waals surface area contributed by atoms with Crippen molar-refractivity contribution in [1.82, 2.24) is 0 Å². The highest BCUT2D eigenvalue weighted by Gasteiger charge is 2.73. The molecule has 8 rings (SSSR count). The van der Waals surface area contributed by atoms with Gasteiger partial charge in [-0.05, 0) is 144 Å². The summed E-state index contributed by atoms with van der Waals surface area (Å²) in [6.07, 6.45) is -23.0. The van der Waals surface area contributed by atoms with Gasteiger partial charge in [0.25, 0.3) is 0 Å². The normalized spacial score (nSPS) is 12.3. The molecular weight excluding hydrogens is 997 g/mol. The van der Waals surface area contributed by atoms with Crippen molar-refractivity contribution in [3.63, 3.8) is 0 Å². The third-order valence-corrected chi connectivity index (χ3v) is 11.2. The van der Waals surface area contributed by atoms with Crippen LogP contribution in [0.25, 0.3) is 0 Å². The first-order valence-electron chi connectivity index (χ1n) is 21.6. The van der Waals surface area contributed by atoms with E-state index < -0.39 is 57.8 Å². The Morgan fingerprint density at radius 1 is 0.230 bits per heavy atom. The fourth-order valence-electron chi connectivity index (χ4n) is 7.87. The molecule has 0 amide bonds. The summed E-state index contributed by atoms with van der Waals surface area (Å²) in [6.45, 7) is 0. The lowest BCUT2D eigenvalue weighted by atomic mass is 9.73. The zero-order valence-electron chi connectivity index (χ0n) is 38.0. The zero-order valence-corrected chi connectivity index (χ0v) is 38.0. The molecule has 0 aliphatic rings. The van der Waals surface area contributed by atoms with Crippen LogP contribution in [-0.2, 0) is 10.8 Å². The molecule has 0 saturated heterocycles. The van der Waals surface area contributed by atoms with Gasteiger partial charge in [-0.15, -0.1) is 0 Å². The van der Waals surface area contributed by atoms with E-state index >= 15 is 0 Å². The molecule has 384 valence electrons. The van der Waals surface area contributed by atoms with Crippen LogP contribution in [0.4, 0.5) is 75.4 Å². The predicted molar refractivity (Wildman–Crippen MR) is 255 cm³/mol. The third kappa shape index (κ3) is 11.3. The topological polar surface area (TPSA) is 141 Å². The van der Waals surface area contributed by atoms with Crippen LogP contribution >= 0.6 is 0 Å². The van der Waals surface area contributed by atoms with Gasteiger partial charge in [-0.2, -0.15) is 52.7 Å². The maximum Gasteiger partial charge on any atom is 0.411 e. The second-order valence-corrected chi connectivity index (χ2v) is 16.3. The summed E-state index contributed by atoms with van der Waals surface area (Å²) in [5, 5.41) is 0. The Balaban J connectivity index is 0.000000216.